The summed E-state index contributed by atoms with van der Waals surface area (Å²) in [6.07, 6.45) is -0.00245. The minimum Gasteiger partial charge on any atom is -0.346 e. The number of fused-ring (bicyclic) bond motifs is 1. The molecule has 1 atom stereocenters. The number of H-pyrrole nitrogens is 2. The molecule has 0 spiro atoms. The molecule has 136 valence electrons. The molecule has 1 saturated heterocycles. The molecule has 3 aromatic rings. The zero-order chi connectivity index (χ0) is 18.3. The summed E-state index contributed by atoms with van der Waals surface area (Å²) in [4.78, 5) is 20.1. The van der Waals surface area contributed by atoms with Gasteiger partial charge in [-0.15, -0.1) is 0 Å². The van der Waals surface area contributed by atoms with Gasteiger partial charge in [0, 0.05) is 24.2 Å². The molecule has 0 unspecified atom stereocenters. The lowest BCUT2D eigenvalue weighted by Crippen LogP contribution is -2.49. The largest absolute Gasteiger partial charge is 0.408 e. The van der Waals surface area contributed by atoms with Gasteiger partial charge in [0.05, 0.1) is 6.20 Å². The summed E-state index contributed by atoms with van der Waals surface area (Å²) in [5.74, 6) is 0.183. The molecule has 26 heavy (non-hydrogen) atoms. The number of piperidine rings is 1. The molecule has 1 aliphatic heterocycles. The van der Waals surface area contributed by atoms with Gasteiger partial charge in [-0.25, -0.2) is 4.98 Å². The molecule has 0 aliphatic carbocycles. The molecule has 1 aliphatic rings. The lowest BCUT2D eigenvalue weighted by Gasteiger charge is -2.38. The van der Waals surface area contributed by atoms with E-state index in [1.54, 1.807) is 24.5 Å². The van der Waals surface area contributed by atoms with E-state index in [-0.39, 0.29) is 18.8 Å². The average Bonchev–Trinajstić information content (AvgIpc) is 3.09. The first-order valence-corrected chi connectivity index (χ1v) is 8.30. The van der Waals surface area contributed by atoms with Crippen molar-refractivity contribution in [3.63, 3.8) is 0 Å². The normalized spacial score (nSPS) is 18.4. The number of alkyl halides is 3. The van der Waals surface area contributed by atoms with E-state index in [0.29, 0.717) is 35.0 Å². The van der Waals surface area contributed by atoms with Crippen LogP contribution in [0.25, 0.3) is 22.2 Å². The predicted molar refractivity (Wildman–Crippen MR) is 91.0 cm³/mol. The maximum atomic E-state index is 13.4. The fourth-order valence-corrected chi connectivity index (χ4v) is 3.50. The minimum absolute atomic E-state index is 0.0248. The highest BCUT2D eigenvalue weighted by atomic mass is 19.4. The third-order valence-corrected chi connectivity index (χ3v) is 4.69. The second kappa shape index (κ2) is 6.15. The number of pyridine rings is 2. The Morgan fingerprint density at radius 3 is 2.88 bits per heavy atom. The van der Waals surface area contributed by atoms with E-state index in [9.17, 15) is 18.0 Å². The standard InChI is InChI=1S/C17H16F3N5O/c18-17(19,20)13-3-1-2-6-25(13)14-7-10(8-15(26)23-14)11-4-5-21-16-12(11)9-22-24-16/h4-5,7-9,13H,1-3,6H2,(H,23,26)(H,21,22,24)/t13-/m0/s1. The smallest absolute Gasteiger partial charge is 0.346 e. The van der Waals surface area contributed by atoms with Crippen LogP contribution in [0.3, 0.4) is 0 Å². The Morgan fingerprint density at radius 1 is 1.23 bits per heavy atom. The van der Waals surface area contributed by atoms with Crippen molar-refractivity contribution in [1.82, 2.24) is 20.2 Å². The van der Waals surface area contributed by atoms with Crippen molar-refractivity contribution in [1.29, 1.82) is 0 Å². The van der Waals surface area contributed by atoms with Crippen molar-refractivity contribution in [2.24, 2.45) is 0 Å². The maximum absolute atomic E-state index is 13.4. The lowest BCUT2D eigenvalue weighted by atomic mass is 10.0. The number of aromatic amines is 2. The first-order chi connectivity index (χ1) is 12.4. The first-order valence-electron chi connectivity index (χ1n) is 8.30. The molecule has 4 rings (SSSR count). The molecule has 4 heterocycles. The average molecular weight is 363 g/mol. The number of anilines is 1. The van der Waals surface area contributed by atoms with Gasteiger partial charge >= 0.3 is 6.18 Å². The molecule has 0 saturated carbocycles. The van der Waals surface area contributed by atoms with Crippen molar-refractivity contribution >= 4 is 16.9 Å². The lowest BCUT2D eigenvalue weighted by molar-refractivity contribution is -0.152. The Bertz CT molecular complexity index is 994. The van der Waals surface area contributed by atoms with Gasteiger partial charge in [0.1, 0.15) is 11.9 Å². The number of aromatic nitrogens is 4. The third kappa shape index (κ3) is 2.93. The summed E-state index contributed by atoms with van der Waals surface area (Å²) in [7, 11) is 0. The monoisotopic (exact) mass is 363 g/mol. The van der Waals surface area contributed by atoms with Gasteiger partial charge < -0.3 is 9.88 Å². The first kappa shape index (κ1) is 16.6. The molecule has 0 aromatic carbocycles. The fraction of sp³-hybridized carbons (Fsp3) is 0.353. The zero-order valence-electron chi connectivity index (χ0n) is 13.7. The van der Waals surface area contributed by atoms with Crippen LogP contribution in [-0.2, 0) is 0 Å². The summed E-state index contributed by atoms with van der Waals surface area (Å²) in [5.41, 5.74) is 1.33. The van der Waals surface area contributed by atoms with Crippen LogP contribution >= 0.6 is 0 Å². The molecule has 0 radical (unpaired) electrons. The molecular formula is C17H16F3N5O. The van der Waals surface area contributed by atoms with E-state index < -0.39 is 17.8 Å². The molecular weight excluding hydrogens is 347 g/mol. The fourth-order valence-electron chi connectivity index (χ4n) is 3.50. The van der Waals surface area contributed by atoms with Crippen LogP contribution in [0.2, 0.25) is 0 Å². The summed E-state index contributed by atoms with van der Waals surface area (Å²) in [6, 6.07) is 3.09. The summed E-state index contributed by atoms with van der Waals surface area (Å²) in [5, 5.41) is 7.38. The van der Waals surface area contributed by atoms with E-state index in [4.69, 9.17) is 0 Å². The summed E-state index contributed by atoms with van der Waals surface area (Å²) >= 11 is 0. The second-order valence-electron chi connectivity index (χ2n) is 6.36. The van der Waals surface area contributed by atoms with Crippen molar-refractivity contribution in [3.05, 3.63) is 40.9 Å². The van der Waals surface area contributed by atoms with E-state index in [1.807, 2.05) is 0 Å². The van der Waals surface area contributed by atoms with Crippen LogP contribution in [-0.4, -0.2) is 38.9 Å². The van der Waals surface area contributed by atoms with Crippen LogP contribution in [0.1, 0.15) is 19.3 Å². The van der Waals surface area contributed by atoms with Crippen molar-refractivity contribution in [2.75, 3.05) is 11.4 Å². The summed E-state index contributed by atoms with van der Waals surface area (Å²) < 4.78 is 40.2. The van der Waals surface area contributed by atoms with Gasteiger partial charge in [-0.1, -0.05) is 0 Å². The Labute approximate surface area is 146 Å². The van der Waals surface area contributed by atoms with Crippen LogP contribution in [0.15, 0.2) is 35.4 Å². The zero-order valence-corrected chi connectivity index (χ0v) is 13.7. The molecule has 9 heteroatoms. The van der Waals surface area contributed by atoms with Gasteiger partial charge in [-0.05, 0) is 42.5 Å². The number of rotatable bonds is 2. The van der Waals surface area contributed by atoms with Crippen molar-refractivity contribution in [3.8, 4) is 11.1 Å². The quantitative estimate of drug-likeness (QED) is 0.733. The van der Waals surface area contributed by atoms with Crippen LogP contribution in [0.4, 0.5) is 19.0 Å². The van der Waals surface area contributed by atoms with Crippen molar-refractivity contribution < 1.29 is 13.2 Å². The molecule has 3 aromatic heterocycles. The molecule has 1 fully saturated rings. The summed E-state index contributed by atoms with van der Waals surface area (Å²) in [6.45, 7) is 0.251. The van der Waals surface area contributed by atoms with Crippen molar-refractivity contribution in [2.45, 2.75) is 31.5 Å². The Morgan fingerprint density at radius 2 is 2.08 bits per heavy atom. The van der Waals surface area contributed by atoms with Gasteiger partial charge in [0.15, 0.2) is 5.65 Å². The highest BCUT2D eigenvalue weighted by molar-refractivity contribution is 5.92. The molecule has 2 N–H and O–H groups in total. The predicted octanol–water partition coefficient (Wildman–Crippen LogP) is 3.23. The number of nitrogens with one attached hydrogen (secondary N) is 2. The van der Waals surface area contributed by atoms with Crippen LogP contribution in [0, 0.1) is 0 Å². The SMILES string of the molecule is O=c1cc(-c2ccnc3[nH]ncc23)cc(N2CCCC[C@H]2C(F)(F)F)[nH]1. The van der Waals surface area contributed by atoms with Crippen LogP contribution in [0.5, 0.6) is 0 Å². The highest BCUT2D eigenvalue weighted by Gasteiger charge is 2.44. The minimum atomic E-state index is -4.35. The number of halogens is 3. The number of hydrogen-bond acceptors (Lipinski definition) is 4. The second-order valence-corrected chi connectivity index (χ2v) is 6.36. The Balaban J connectivity index is 1.82. The maximum Gasteiger partial charge on any atom is 0.408 e. The van der Waals surface area contributed by atoms with Gasteiger partial charge in [-0.3, -0.25) is 9.89 Å². The van der Waals surface area contributed by atoms with E-state index in [0.717, 1.165) is 0 Å². The Hall–Kier alpha value is -2.84. The van der Waals surface area contributed by atoms with E-state index >= 15 is 0 Å². The van der Waals surface area contributed by atoms with E-state index in [2.05, 4.69) is 20.2 Å². The van der Waals surface area contributed by atoms with Gasteiger partial charge in [0.2, 0.25) is 5.56 Å². The van der Waals surface area contributed by atoms with Crippen LogP contribution < -0.4 is 10.5 Å². The number of hydrogen-bond donors (Lipinski definition) is 2. The third-order valence-electron chi connectivity index (χ3n) is 4.69. The molecule has 0 amide bonds. The van der Waals surface area contributed by atoms with Gasteiger partial charge in [0.25, 0.3) is 0 Å². The highest BCUT2D eigenvalue weighted by Crippen LogP contribution is 2.35. The van der Waals surface area contributed by atoms with E-state index in [1.165, 1.54) is 11.0 Å². The van der Waals surface area contributed by atoms with Gasteiger partial charge in [-0.2, -0.15) is 18.3 Å². The topological polar surface area (TPSA) is 77.7 Å². The molecule has 6 nitrogen and oxygen atoms in total. The number of nitrogens with zero attached hydrogens (tertiary/aromatic N) is 3. The Kier molecular flexibility index (Phi) is 3.93. The molecule has 0 bridgehead atoms.